The molecule has 0 amide bonds. The van der Waals surface area contributed by atoms with Crippen LogP contribution in [-0.4, -0.2) is 22.6 Å². The fourth-order valence-electron chi connectivity index (χ4n) is 4.66. The van der Waals surface area contributed by atoms with Gasteiger partial charge in [0.25, 0.3) is 0 Å². The third-order valence-electron chi connectivity index (χ3n) is 6.61. The molecule has 0 fully saturated rings. The number of unbranched alkanes of at least 4 members (excludes halogenated alkanes) is 4. The average molecular weight is 495 g/mol. The highest BCUT2D eigenvalue weighted by Gasteiger charge is 2.46. The second kappa shape index (κ2) is 12.7. The lowest BCUT2D eigenvalue weighted by atomic mass is 9.74. The zero-order valence-electron chi connectivity index (χ0n) is 20.6. The smallest absolute Gasteiger partial charge is 0.339 e. The van der Waals surface area contributed by atoms with Crippen LogP contribution in [0.3, 0.4) is 0 Å². The maximum absolute atomic E-state index is 13.4. The van der Waals surface area contributed by atoms with E-state index < -0.39 is 23.5 Å². The number of aliphatic carboxylic acids is 1. The third-order valence-corrected chi connectivity index (χ3v) is 7.03. The van der Waals surface area contributed by atoms with E-state index in [4.69, 9.17) is 16.3 Å². The van der Waals surface area contributed by atoms with Crippen LogP contribution in [0.15, 0.2) is 77.4 Å². The number of carboxylic acids is 1. The van der Waals surface area contributed by atoms with Gasteiger partial charge in [-0.2, -0.15) is 0 Å². The Morgan fingerprint density at radius 1 is 0.943 bits per heavy atom. The molecule has 1 aliphatic carbocycles. The first-order chi connectivity index (χ1) is 16.9. The van der Waals surface area contributed by atoms with Gasteiger partial charge < -0.3 is 9.84 Å². The van der Waals surface area contributed by atoms with Crippen molar-refractivity contribution in [1.82, 2.24) is 0 Å². The Morgan fingerprint density at radius 3 is 2.23 bits per heavy atom. The normalized spacial score (nSPS) is 19.6. The zero-order chi connectivity index (χ0) is 25.3. The van der Waals surface area contributed by atoms with Crippen LogP contribution in [0.1, 0.15) is 86.2 Å². The first kappa shape index (κ1) is 26.7. The van der Waals surface area contributed by atoms with Crippen molar-refractivity contribution in [3.05, 3.63) is 94.0 Å². The number of carbonyl (C=O) groups is 2. The van der Waals surface area contributed by atoms with Gasteiger partial charge in [0.1, 0.15) is 5.60 Å². The summed E-state index contributed by atoms with van der Waals surface area (Å²) in [5, 5.41) is 9.90. The molecular weight excluding hydrogens is 460 g/mol. The van der Waals surface area contributed by atoms with Crippen molar-refractivity contribution in [2.24, 2.45) is 0 Å². The maximum atomic E-state index is 13.4. The molecule has 1 N–H and O–H groups in total. The predicted molar refractivity (Wildman–Crippen MR) is 141 cm³/mol. The lowest BCUT2D eigenvalue weighted by Gasteiger charge is -2.41. The van der Waals surface area contributed by atoms with Gasteiger partial charge in [0.15, 0.2) is 0 Å². The van der Waals surface area contributed by atoms with Crippen LogP contribution in [0, 0.1) is 0 Å². The molecule has 3 rings (SSSR count). The number of hydrogen-bond acceptors (Lipinski definition) is 3. The van der Waals surface area contributed by atoms with E-state index in [1.165, 1.54) is 24.5 Å². The van der Waals surface area contributed by atoms with E-state index in [-0.39, 0.29) is 10.6 Å². The first-order valence-corrected chi connectivity index (χ1v) is 13.0. The average Bonchev–Trinajstić information content (AvgIpc) is 2.85. The van der Waals surface area contributed by atoms with Crippen molar-refractivity contribution in [2.75, 3.05) is 0 Å². The molecule has 2 unspecified atom stereocenters. The minimum Gasteiger partial charge on any atom is -0.478 e. The second-order valence-corrected chi connectivity index (χ2v) is 9.61. The number of benzene rings is 2. The molecule has 0 heterocycles. The molecule has 4 nitrogen and oxygen atoms in total. The van der Waals surface area contributed by atoms with E-state index in [2.05, 4.69) is 13.8 Å². The lowest BCUT2D eigenvalue weighted by molar-refractivity contribution is -0.132. The molecule has 2 aromatic rings. The summed E-state index contributed by atoms with van der Waals surface area (Å²) in [6.07, 6.45) is 11.0. The Balaban J connectivity index is 1.96. The minimum atomic E-state index is -1.10. The lowest BCUT2D eigenvalue weighted by Crippen LogP contribution is -2.42. The third kappa shape index (κ3) is 6.64. The summed E-state index contributed by atoms with van der Waals surface area (Å²) in [6.45, 7) is 4.29. The predicted octanol–water partition coefficient (Wildman–Crippen LogP) is 7.83. The molecule has 35 heavy (non-hydrogen) atoms. The molecular formula is C30H35ClO4. The molecule has 0 saturated carbocycles. The number of halogens is 1. The topological polar surface area (TPSA) is 63.6 Å². The van der Waals surface area contributed by atoms with Crippen LogP contribution in [0.5, 0.6) is 0 Å². The van der Waals surface area contributed by atoms with Crippen molar-refractivity contribution in [3.63, 3.8) is 0 Å². The molecule has 0 spiro atoms. The first-order valence-electron chi connectivity index (χ1n) is 12.6. The molecule has 186 valence electrons. The Labute approximate surface area is 213 Å². The van der Waals surface area contributed by atoms with Gasteiger partial charge in [0.2, 0.25) is 0 Å². The van der Waals surface area contributed by atoms with E-state index >= 15 is 0 Å². The van der Waals surface area contributed by atoms with Crippen molar-refractivity contribution in [3.8, 4) is 0 Å². The number of ether oxygens (including phenoxy) is 1. The number of rotatable bonds is 12. The van der Waals surface area contributed by atoms with Crippen molar-refractivity contribution in [2.45, 2.75) is 76.7 Å². The molecule has 0 radical (unpaired) electrons. The number of carbonyl (C=O) groups excluding carboxylic acids is 1. The van der Waals surface area contributed by atoms with E-state index in [1.54, 1.807) is 6.08 Å². The number of carboxylic acid groups (broad SMARTS) is 1. The summed E-state index contributed by atoms with van der Waals surface area (Å²) in [5.74, 6) is -2.13. The Hall–Kier alpha value is -2.85. The number of hydrogen-bond donors (Lipinski definition) is 1. The van der Waals surface area contributed by atoms with Gasteiger partial charge in [-0.3, -0.25) is 0 Å². The monoisotopic (exact) mass is 494 g/mol. The van der Waals surface area contributed by atoms with E-state index in [9.17, 15) is 14.7 Å². The maximum Gasteiger partial charge on any atom is 0.339 e. The van der Waals surface area contributed by atoms with E-state index in [0.29, 0.717) is 12.0 Å². The molecule has 1 aliphatic rings. The van der Waals surface area contributed by atoms with Gasteiger partial charge in [-0.05, 0) is 61.1 Å². The van der Waals surface area contributed by atoms with Crippen LogP contribution in [0.25, 0.3) is 0 Å². The highest BCUT2D eigenvalue weighted by molar-refractivity contribution is 6.33. The van der Waals surface area contributed by atoms with Gasteiger partial charge in [-0.25, -0.2) is 9.59 Å². The quantitative estimate of drug-likeness (QED) is 0.241. The fourth-order valence-corrected chi connectivity index (χ4v) is 5.11. The summed E-state index contributed by atoms with van der Waals surface area (Å²) < 4.78 is 6.28. The Kier molecular flexibility index (Phi) is 9.73. The molecule has 0 aromatic heterocycles. The summed E-state index contributed by atoms with van der Waals surface area (Å²) in [7, 11) is 0. The standard InChI is InChI=1S/C30H35ClO4/c1-3-5-8-12-22-15-17-24(18-16-22)29(34)35-30(20-11-6-4-2)21-19-25(28(32)33)27(31)26(30)23-13-9-7-10-14-23/h7,9-10,13-19,21,26H,3-6,8,11-12,20H2,1-2H3,(H,32,33). The molecule has 0 aliphatic heterocycles. The van der Waals surface area contributed by atoms with Crippen LogP contribution in [0.4, 0.5) is 0 Å². The van der Waals surface area contributed by atoms with Gasteiger partial charge in [-0.15, -0.1) is 0 Å². The molecule has 2 atom stereocenters. The van der Waals surface area contributed by atoms with Gasteiger partial charge in [-0.1, -0.05) is 93.6 Å². The summed E-state index contributed by atoms with van der Waals surface area (Å²) >= 11 is 6.74. The van der Waals surface area contributed by atoms with Crippen LogP contribution in [-0.2, 0) is 16.0 Å². The SMILES string of the molecule is CCCCCc1ccc(C(=O)OC2(CCCCC)C=CC(C(=O)O)=C(Cl)C2c2ccccc2)cc1. The van der Waals surface area contributed by atoms with Gasteiger partial charge in [0, 0.05) is 5.03 Å². The summed E-state index contributed by atoms with van der Waals surface area (Å²) in [6, 6.07) is 17.1. The largest absolute Gasteiger partial charge is 0.478 e. The summed E-state index contributed by atoms with van der Waals surface area (Å²) in [5.41, 5.74) is 1.44. The van der Waals surface area contributed by atoms with Crippen molar-refractivity contribution >= 4 is 23.5 Å². The Bertz CT molecular complexity index is 1060. The summed E-state index contributed by atoms with van der Waals surface area (Å²) in [4.78, 5) is 25.3. The van der Waals surface area contributed by atoms with Gasteiger partial charge in [0.05, 0.1) is 17.1 Å². The van der Waals surface area contributed by atoms with Gasteiger partial charge >= 0.3 is 11.9 Å². The zero-order valence-corrected chi connectivity index (χ0v) is 21.4. The Morgan fingerprint density at radius 2 is 1.60 bits per heavy atom. The van der Waals surface area contributed by atoms with Crippen LogP contribution >= 0.6 is 11.6 Å². The highest BCUT2D eigenvalue weighted by atomic mass is 35.5. The number of aryl methyl sites for hydroxylation is 1. The van der Waals surface area contributed by atoms with E-state index in [0.717, 1.165) is 37.7 Å². The molecule has 0 saturated heterocycles. The minimum absolute atomic E-state index is 0.0270. The van der Waals surface area contributed by atoms with Crippen molar-refractivity contribution in [1.29, 1.82) is 0 Å². The number of esters is 1. The molecule has 2 aromatic carbocycles. The molecule has 0 bridgehead atoms. The fraction of sp³-hybridized carbons (Fsp3) is 0.400. The van der Waals surface area contributed by atoms with Crippen LogP contribution < -0.4 is 0 Å². The van der Waals surface area contributed by atoms with Crippen LogP contribution in [0.2, 0.25) is 0 Å². The second-order valence-electron chi connectivity index (χ2n) is 9.20. The van der Waals surface area contributed by atoms with Crippen molar-refractivity contribution < 1.29 is 19.4 Å². The molecule has 5 heteroatoms. The highest BCUT2D eigenvalue weighted by Crippen LogP contribution is 2.48. The van der Waals surface area contributed by atoms with E-state index in [1.807, 2.05) is 54.6 Å².